The predicted octanol–water partition coefficient (Wildman–Crippen LogP) is 2.32. The standard InChI is InChI=1S/C15H17N3O2/c1-15(2,3)11-9-16-8-10(13(11)19)14(20)18-12-6-4-5-7-17-12/h4-9H,1-3H3,(H,16,19)(H,17,18,20). The highest BCUT2D eigenvalue weighted by Crippen LogP contribution is 2.18. The van der Waals surface area contributed by atoms with Gasteiger partial charge in [0.1, 0.15) is 11.4 Å². The molecule has 0 unspecified atom stereocenters. The van der Waals surface area contributed by atoms with E-state index in [0.717, 1.165) is 0 Å². The van der Waals surface area contributed by atoms with Crippen molar-refractivity contribution in [1.82, 2.24) is 9.97 Å². The Labute approximate surface area is 117 Å². The lowest BCUT2D eigenvalue weighted by molar-refractivity contribution is 0.102. The molecule has 0 aliphatic carbocycles. The minimum absolute atomic E-state index is 0.0862. The summed E-state index contributed by atoms with van der Waals surface area (Å²) >= 11 is 0. The number of hydrogen-bond acceptors (Lipinski definition) is 3. The first-order chi connectivity index (χ1) is 9.39. The number of amides is 1. The van der Waals surface area contributed by atoms with Crippen LogP contribution >= 0.6 is 0 Å². The van der Waals surface area contributed by atoms with Gasteiger partial charge in [0.15, 0.2) is 5.43 Å². The monoisotopic (exact) mass is 271 g/mol. The average Bonchev–Trinajstić information content (AvgIpc) is 2.38. The summed E-state index contributed by atoms with van der Waals surface area (Å²) in [4.78, 5) is 31.4. The van der Waals surface area contributed by atoms with Gasteiger partial charge in [0.2, 0.25) is 0 Å². The molecule has 2 aromatic heterocycles. The number of hydrogen-bond donors (Lipinski definition) is 2. The van der Waals surface area contributed by atoms with Gasteiger partial charge in [0.05, 0.1) is 0 Å². The molecule has 2 aromatic rings. The molecule has 0 aliphatic heterocycles. The molecule has 0 saturated heterocycles. The normalized spacial score (nSPS) is 11.2. The molecule has 0 aliphatic rings. The van der Waals surface area contributed by atoms with Crippen molar-refractivity contribution in [2.24, 2.45) is 0 Å². The van der Waals surface area contributed by atoms with Crippen molar-refractivity contribution in [3.8, 4) is 0 Å². The molecule has 2 heterocycles. The third-order valence-corrected chi connectivity index (χ3v) is 2.90. The number of H-pyrrole nitrogens is 1. The van der Waals surface area contributed by atoms with Gasteiger partial charge in [-0.25, -0.2) is 4.98 Å². The second-order valence-corrected chi connectivity index (χ2v) is 5.53. The topological polar surface area (TPSA) is 74.8 Å². The quantitative estimate of drug-likeness (QED) is 0.880. The summed E-state index contributed by atoms with van der Waals surface area (Å²) in [6.45, 7) is 5.79. The number of aromatic amines is 1. The highest BCUT2D eigenvalue weighted by molar-refractivity contribution is 6.03. The van der Waals surface area contributed by atoms with Gasteiger partial charge in [-0.3, -0.25) is 9.59 Å². The molecule has 0 aromatic carbocycles. The average molecular weight is 271 g/mol. The number of nitrogens with one attached hydrogen (secondary N) is 2. The van der Waals surface area contributed by atoms with Crippen LogP contribution in [0.15, 0.2) is 41.6 Å². The highest BCUT2D eigenvalue weighted by atomic mass is 16.2. The lowest BCUT2D eigenvalue weighted by Crippen LogP contribution is -2.29. The van der Waals surface area contributed by atoms with Crippen LogP contribution in [0.4, 0.5) is 5.82 Å². The van der Waals surface area contributed by atoms with Crippen LogP contribution in [0.5, 0.6) is 0 Å². The summed E-state index contributed by atoms with van der Waals surface area (Å²) in [5.41, 5.74) is 0.0773. The number of carbonyl (C=O) groups excluding carboxylic acids is 1. The van der Waals surface area contributed by atoms with Gasteiger partial charge in [-0.2, -0.15) is 0 Å². The van der Waals surface area contributed by atoms with Crippen molar-refractivity contribution in [3.05, 3.63) is 58.1 Å². The SMILES string of the molecule is CC(C)(C)c1c[nH]cc(C(=O)Nc2ccccn2)c1=O. The fourth-order valence-electron chi connectivity index (χ4n) is 1.83. The minimum atomic E-state index is -0.462. The van der Waals surface area contributed by atoms with Crippen LogP contribution in [0, 0.1) is 0 Å². The molecule has 5 heteroatoms. The molecule has 0 spiro atoms. The van der Waals surface area contributed by atoms with Crippen LogP contribution in [-0.4, -0.2) is 15.9 Å². The van der Waals surface area contributed by atoms with Gasteiger partial charge in [-0.1, -0.05) is 26.8 Å². The van der Waals surface area contributed by atoms with E-state index in [1.165, 1.54) is 6.20 Å². The van der Waals surface area contributed by atoms with Crippen molar-refractivity contribution in [2.45, 2.75) is 26.2 Å². The number of anilines is 1. The van der Waals surface area contributed by atoms with E-state index in [4.69, 9.17) is 0 Å². The maximum absolute atomic E-state index is 12.3. The van der Waals surface area contributed by atoms with Gasteiger partial charge in [-0.05, 0) is 17.5 Å². The van der Waals surface area contributed by atoms with Gasteiger partial charge < -0.3 is 10.3 Å². The Balaban J connectivity index is 2.34. The molecule has 0 atom stereocenters. The van der Waals surface area contributed by atoms with Crippen molar-refractivity contribution in [1.29, 1.82) is 0 Å². The molecule has 0 fully saturated rings. The van der Waals surface area contributed by atoms with Crippen molar-refractivity contribution in [3.63, 3.8) is 0 Å². The van der Waals surface area contributed by atoms with Crippen LogP contribution in [0.1, 0.15) is 36.7 Å². The Bertz CT molecular complexity index is 670. The summed E-state index contributed by atoms with van der Waals surface area (Å²) in [6, 6.07) is 5.18. The Morgan fingerprint density at radius 2 is 2.00 bits per heavy atom. The van der Waals surface area contributed by atoms with E-state index in [-0.39, 0.29) is 16.4 Å². The number of rotatable bonds is 2. The summed E-state index contributed by atoms with van der Waals surface area (Å²) in [6.07, 6.45) is 4.63. The fraction of sp³-hybridized carbons (Fsp3) is 0.267. The van der Waals surface area contributed by atoms with Crippen LogP contribution in [-0.2, 0) is 5.41 Å². The molecule has 1 amide bonds. The summed E-state index contributed by atoms with van der Waals surface area (Å²) in [7, 11) is 0. The first-order valence-corrected chi connectivity index (χ1v) is 6.33. The highest BCUT2D eigenvalue weighted by Gasteiger charge is 2.21. The van der Waals surface area contributed by atoms with E-state index < -0.39 is 5.91 Å². The summed E-state index contributed by atoms with van der Waals surface area (Å²) in [5.74, 6) is -0.0471. The predicted molar refractivity (Wildman–Crippen MR) is 78.0 cm³/mol. The van der Waals surface area contributed by atoms with Gasteiger partial charge in [-0.15, -0.1) is 0 Å². The Morgan fingerprint density at radius 1 is 1.25 bits per heavy atom. The van der Waals surface area contributed by atoms with Crippen LogP contribution in [0.25, 0.3) is 0 Å². The van der Waals surface area contributed by atoms with E-state index in [0.29, 0.717) is 11.4 Å². The Kier molecular flexibility index (Phi) is 3.70. The third-order valence-electron chi connectivity index (χ3n) is 2.90. The van der Waals surface area contributed by atoms with Crippen molar-refractivity contribution in [2.75, 3.05) is 5.32 Å². The molecule has 5 nitrogen and oxygen atoms in total. The first-order valence-electron chi connectivity index (χ1n) is 6.33. The molecule has 2 rings (SSSR count). The number of aromatic nitrogens is 2. The number of nitrogens with zero attached hydrogens (tertiary/aromatic N) is 1. The van der Waals surface area contributed by atoms with Crippen molar-refractivity contribution < 1.29 is 4.79 Å². The van der Waals surface area contributed by atoms with E-state index >= 15 is 0 Å². The maximum Gasteiger partial charge on any atom is 0.262 e. The van der Waals surface area contributed by atoms with E-state index in [2.05, 4.69) is 15.3 Å². The zero-order valence-corrected chi connectivity index (χ0v) is 11.7. The molecule has 104 valence electrons. The van der Waals surface area contributed by atoms with E-state index in [9.17, 15) is 9.59 Å². The van der Waals surface area contributed by atoms with Crippen LogP contribution in [0.3, 0.4) is 0 Å². The summed E-state index contributed by atoms with van der Waals surface area (Å²) < 4.78 is 0. The minimum Gasteiger partial charge on any atom is -0.366 e. The lowest BCUT2D eigenvalue weighted by Gasteiger charge is -2.18. The van der Waals surface area contributed by atoms with Gasteiger partial charge in [0.25, 0.3) is 5.91 Å². The van der Waals surface area contributed by atoms with Crippen LogP contribution in [0.2, 0.25) is 0 Å². The molecule has 0 saturated carbocycles. The van der Waals surface area contributed by atoms with Gasteiger partial charge in [0, 0.05) is 24.2 Å². The first kappa shape index (κ1) is 14.0. The molecular weight excluding hydrogens is 254 g/mol. The summed E-state index contributed by atoms with van der Waals surface area (Å²) in [5, 5.41) is 2.61. The molecule has 0 radical (unpaired) electrons. The Morgan fingerprint density at radius 3 is 2.60 bits per heavy atom. The number of carbonyl (C=O) groups is 1. The number of pyridine rings is 2. The van der Waals surface area contributed by atoms with E-state index in [1.807, 2.05) is 20.8 Å². The smallest absolute Gasteiger partial charge is 0.262 e. The molecule has 20 heavy (non-hydrogen) atoms. The fourth-order valence-corrected chi connectivity index (χ4v) is 1.83. The molecular formula is C15H17N3O2. The maximum atomic E-state index is 12.3. The molecule has 0 bridgehead atoms. The van der Waals surface area contributed by atoms with E-state index in [1.54, 1.807) is 30.6 Å². The third kappa shape index (κ3) is 2.93. The van der Waals surface area contributed by atoms with Crippen molar-refractivity contribution >= 4 is 11.7 Å². The zero-order chi connectivity index (χ0) is 14.8. The zero-order valence-electron chi connectivity index (χ0n) is 11.7. The second kappa shape index (κ2) is 5.28. The van der Waals surface area contributed by atoms with Gasteiger partial charge >= 0.3 is 0 Å². The largest absolute Gasteiger partial charge is 0.366 e. The second-order valence-electron chi connectivity index (χ2n) is 5.53. The molecule has 2 N–H and O–H groups in total. The Hall–Kier alpha value is -2.43. The lowest BCUT2D eigenvalue weighted by atomic mass is 9.87. The van der Waals surface area contributed by atoms with Crippen LogP contribution < -0.4 is 10.7 Å².